The highest BCUT2D eigenvalue weighted by molar-refractivity contribution is 7.99. The molecule has 0 amide bonds. The van der Waals surface area contributed by atoms with Gasteiger partial charge >= 0.3 is 0 Å². The van der Waals surface area contributed by atoms with Crippen molar-refractivity contribution in [2.45, 2.75) is 23.4 Å². The third-order valence-corrected chi connectivity index (χ3v) is 3.50. The molecule has 2 aromatic rings. The van der Waals surface area contributed by atoms with Gasteiger partial charge < -0.3 is 5.32 Å². The van der Waals surface area contributed by atoms with E-state index >= 15 is 0 Å². The van der Waals surface area contributed by atoms with Gasteiger partial charge in [-0.2, -0.15) is 0 Å². The van der Waals surface area contributed by atoms with Crippen LogP contribution < -0.4 is 5.32 Å². The number of nitrogens with zero attached hydrogens (tertiary/aromatic N) is 2. The normalized spacial score (nSPS) is 10.6. The van der Waals surface area contributed by atoms with E-state index in [2.05, 4.69) is 15.3 Å². The minimum Gasteiger partial charge on any atom is -0.368 e. The van der Waals surface area contributed by atoms with Crippen LogP contribution in [0.5, 0.6) is 0 Å². The standard InChI is InChI=1S/C13H12ClF2N3S/c1-2-5-17-12-9(15)6-10(16)13(19-12)20-11-4-3-8(14)7-18-11/h3-4,6-7H,2,5H2,1H3,(H,17,19). The van der Waals surface area contributed by atoms with Crippen molar-refractivity contribution in [1.29, 1.82) is 0 Å². The Morgan fingerprint density at radius 2 is 2.10 bits per heavy atom. The Labute approximate surface area is 124 Å². The van der Waals surface area contributed by atoms with Crippen molar-refractivity contribution in [2.24, 2.45) is 0 Å². The Hall–Kier alpha value is -1.40. The lowest BCUT2D eigenvalue weighted by Crippen LogP contribution is -2.06. The SMILES string of the molecule is CCCNc1nc(Sc2ccc(Cl)cn2)c(F)cc1F. The van der Waals surface area contributed by atoms with Crippen LogP contribution in [-0.4, -0.2) is 16.5 Å². The van der Waals surface area contributed by atoms with Gasteiger partial charge in [-0.15, -0.1) is 0 Å². The molecule has 0 saturated carbocycles. The fourth-order valence-corrected chi connectivity index (χ4v) is 2.26. The summed E-state index contributed by atoms with van der Waals surface area (Å²) in [6, 6.07) is 4.12. The number of hydrogen-bond donors (Lipinski definition) is 1. The maximum Gasteiger partial charge on any atom is 0.168 e. The van der Waals surface area contributed by atoms with E-state index in [9.17, 15) is 8.78 Å². The summed E-state index contributed by atoms with van der Waals surface area (Å²) < 4.78 is 27.3. The molecule has 0 bridgehead atoms. The quantitative estimate of drug-likeness (QED) is 0.888. The highest BCUT2D eigenvalue weighted by atomic mass is 35.5. The van der Waals surface area contributed by atoms with Crippen molar-refractivity contribution >= 4 is 29.2 Å². The van der Waals surface area contributed by atoms with Crippen LogP contribution in [0.25, 0.3) is 0 Å². The summed E-state index contributed by atoms with van der Waals surface area (Å²) in [7, 11) is 0. The lowest BCUT2D eigenvalue weighted by Gasteiger charge is -2.08. The van der Waals surface area contributed by atoms with Gasteiger partial charge in [-0.25, -0.2) is 18.7 Å². The maximum atomic E-state index is 13.7. The Balaban J connectivity index is 2.24. The van der Waals surface area contributed by atoms with Gasteiger partial charge in [0.15, 0.2) is 17.5 Å². The van der Waals surface area contributed by atoms with Crippen LogP contribution in [0.2, 0.25) is 5.02 Å². The minimum absolute atomic E-state index is 0.0460. The molecule has 0 unspecified atom stereocenters. The van der Waals surface area contributed by atoms with E-state index < -0.39 is 11.6 Å². The van der Waals surface area contributed by atoms with Gasteiger partial charge in [0.25, 0.3) is 0 Å². The zero-order valence-electron chi connectivity index (χ0n) is 10.7. The largest absolute Gasteiger partial charge is 0.368 e. The number of aromatic nitrogens is 2. The van der Waals surface area contributed by atoms with Gasteiger partial charge in [-0.3, -0.25) is 0 Å². The van der Waals surface area contributed by atoms with E-state index in [0.717, 1.165) is 24.2 Å². The van der Waals surface area contributed by atoms with Crippen LogP contribution in [0.15, 0.2) is 34.4 Å². The molecule has 3 nitrogen and oxygen atoms in total. The molecule has 0 atom stereocenters. The van der Waals surface area contributed by atoms with E-state index in [0.29, 0.717) is 16.6 Å². The highest BCUT2D eigenvalue weighted by Gasteiger charge is 2.13. The third kappa shape index (κ3) is 3.80. The Bertz CT molecular complexity index is 593. The Kier molecular flexibility index (Phi) is 5.14. The summed E-state index contributed by atoms with van der Waals surface area (Å²) in [4.78, 5) is 8.00. The fraction of sp³-hybridized carbons (Fsp3) is 0.231. The molecule has 1 N–H and O–H groups in total. The second-order valence-corrected chi connectivity index (χ2v) is 5.39. The van der Waals surface area contributed by atoms with E-state index in [1.165, 1.54) is 6.20 Å². The van der Waals surface area contributed by atoms with Crippen LogP contribution in [0.3, 0.4) is 0 Å². The number of rotatable bonds is 5. The predicted molar refractivity (Wildman–Crippen MR) is 76.3 cm³/mol. The number of halogens is 3. The molecule has 0 aliphatic carbocycles. The van der Waals surface area contributed by atoms with Crippen LogP contribution in [0.4, 0.5) is 14.6 Å². The molecule has 20 heavy (non-hydrogen) atoms. The van der Waals surface area contributed by atoms with Gasteiger partial charge in [0.05, 0.1) is 5.02 Å². The predicted octanol–water partition coefficient (Wildman–Crippen LogP) is 4.38. The summed E-state index contributed by atoms with van der Waals surface area (Å²) >= 11 is 6.74. The first-order chi connectivity index (χ1) is 9.60. The van der Waals surface area contributed by atoms with Crippen molar-refractivity contribution in [3.63, 3.8) is 0 Å². The minimum atomic E-state index is -0.716. The monoisotopic (exact) mass is 315 g/mol. The van der Waals surface area contributed by atoms with Gasteiger partial charge in [0, 0.05) is 18.8 Å². The Morgan fingerprint density at radius 1 is 1.30 bits per heavy atom. The maximum absolute atomic E-state index is 13.7. The summed E-state index contributed by atoms with van der Waals surface area (Å²) in [6.07, 6.45) is 2.28. The molecule has 0 saturated heterocycles. The smallest absolute Gasteiger partial charge is 0.168 e. The number of pyridine rings is 2. The molecule has 2 heterocycles. The molecule has 2 aromatic heterocycles. The van der Waals surface area contributed by atoms with Crippen molar-refractivity contribution in [2.75, 3.05) is 11.9 Å². The van der Waals surface area contributed by atoms with E-state index in [1.54, 1.807) is 12.1 Å². The molecule has 0 spiro atoms. The zero-order chi connectivity index (χ0) is 14.5. The lowest BCUT2D eigenvalue weighted by molar-refractivity contribution is 0.551. The second kappa shape index (κ2) is 6.85. The van der Waals surface area contributed by atoms with Gasteiger partial charge in [0.1, 0.15) is 10.1 Å². The molecule has 0 aromatic carbocycles. The number of anilines is 1. The number of hydrogen-bond acceptors (Lipinski definition) is 4. The molecule has 2 rings (SSSR count). The van der Waals surface area contributed by atoms with Crippen LogP contribution in [0, 0.1) is 11.6 Å². The van der Waals surface area contributed by atoms with E-state index in [-0.39, 0.29) is 10.8 Å². The Morgan fingerprint density at radius 3 is 2.75 bits per heavy atom. The average molecular weight is 316 g/mol. The average Bonchev–Trinajstić information content (AvgIpc) is 2.43. The first kappa shape index (κ1) is 15.0. The zero-order valence-corrected chi connectivity index (χ0v) is 12.2. The summed E-state index contributed by atoms with van der Waals surface area (Å²) in [5.74, 6) is -1.37. The van der Waals surface area contributed by atoms with Gasteiger partial charge in [-0.1, -0.05) is 18.5 Å². The van der Waals surface area contributed by atoms with Crippen LogP contribution >= 0.6 is 23.4 Å². The van der Waals surface area contributed by atoms with Gasteiger partial charge in [-0.05, 0) is 30.3 Å². The van der Waals surface area contributed by atoms with Crippen molar-refractivity contribution in [1.82, 2.24) is 9.97 Å². The van der Waals surface area contributed by atoms with Crippen molar-refractivity contribution in [3.05, 3.63) is 41.1 Å². The topological polar surface area (TPSA) is 37.8 Å². The first-order valence-electron chi connectivity index (χ1n) is 5.99. The molecule has 0 aliphatic heterocycles. The number of nitrogens with one attached hydrogen (secondary N) is 1. The lowest BCUT2D eigenvalue weighted by atomic mass is 10.4. The van der Waals surface area contributed by atoms with Crippen molar-refractivity contribution in [3.8, 4) is 0 Å². The van der Waals surface area contributed by atoms with E-state index in [1.807, 2.05) is 6.92 Å². The molecule has 0 radical (unpaired) electrons. The molecule has 7 heteroatoms. The fourth-order valence-electron chi connectivity index (χ4n) is 1.41. The molecular formula is C13H12ClF2N3S. The molecule has 0 aliphatic rings. The highest BCUT2D eigenvalue weighted by Crippen LogP contribution is 2.29. The molecular weight excluding hydrogens is 304 g/mol. The summed E-state index contributed by atoms with van der Waals surface area (Å²) in [5.41, 5.74) is 0. The van der Waals surface area contributed by atoms with Crippen molar-refractivity contribution < 1.29 is 8.78 Å². The molecule has 106 valence electrons. The summed E-state index contributed by atoms with van der Waals surface area (Å²) in [5, 5.41) is 3.92. The first-order valence-corrected chi connectivity index (χ1v) is 7.19. The van der Waals surface area contributed by atoms with E-state index in [4.69, 9.17) is 11.6 Å². The molecule has 0 fully saturated rings. The second-order valence-electron chi connectivity index (χ2n) is 3.95. The van der Waals surface area contributed by atoms with Gasteiger partial charge in [0.2, 0.25) is 0 Å². The van der Waals surface area contributed by atoms with Crippen LogP contribution in [-0.2, 0) is 0 Å². The summed E-state index contributed by atoms with van der Waals surface area (Å²) in [6.45, 7) is 2.51. The van der Waals surface area contributed by atoms with Crippen LogP contribution in [0.1, 0.15) is 13.3 Å². The third-order valence-electron chi connectivity index (χ3n) is 2.34.